The number of hydrogen-bond donors (Lipinski definition) is 1. The Morgan fingerprint density at radius 2 is 1.95 bits per heavy atom. The minimum absolute atomic E-state index is 0.263. The van der Waals surface area contributed by atoms with Crippen LogP contribution in [0.1, 0.15) is 32.1 Å². The van der Waals surface area contributed by atoms with Crippen molar-refractivity contribution in [2.45, 2.75) is 43.0 Å². The Labute approximate surface area is 119 Å². The van der Waals surface area contributed by atoms with E-state index < -0.39 is 0 Å². The second-order valence-electron chi connectivity index (χ2n) is 4.78. The standard InChI is InChI=1S/C15H21NO2S/c17-15(16-13-7-3-1-4-8-13)18-11-12-19-14-9-5-2-6-10-14/h2,5-6,9-10,13H,1,3-4,7-8,11-12H2,(H,16,17). The SMILES string of the molecule is O=C(NC1CCCCC1)OCCSc1ccccc1. The number of carbonyl (C=O) groups excluding carboxylic acids is 1. The van der Waals surface area contributed by atoms with Gasteiger partial charge >= 0.3 is 6.09 Å². The van der Waals surface area contributed by atoms with E-state index in [1.807, 2.05) is 18.2 Å². The Hall–Kier alpha value is -1.16. The van der Waals surface area contributed by atoms with E-state index in [4.69, 9.17) is 4.74 Å². The van der Waals surface area contributed by atoms with E-state index in [0.29, 0.717) is 12.6 Å². The van der Waals surface area contributed by atoms with Gasteiger partial charge in [0.25, 0.3) is 0 Å². The Kier molecular flexibility index (Phi) is 6.08. The highest BCUT2D eigenvalue weighted by Crippen LogP contribution is 2.18. The van der Waals surface area contributed by atoms with Crippen LogP contribution in [0.5, 0.6) is 0 Å². The van der Waals surface area contributed by atoms with Gasteiger partial charge in [-0.3, -0.25) is 0 Å². The molecule has 104 valence electrons. The van der Waals surface area contributed by atoms with Gasteiger partial charge in [-0.2, -0.15) is 0 Å². The molecule has 1 saturated carbocycles. The monoisotopic (exact) mass is 279 g/mol. The molecule has 1 aliphatic rings. The van der Waals surface area contributed by atoms with Gasteiger partial charge in [0.05, 0.1) is 0 Å². The van der Waals surface area contributed by atoms with Crippen molar-refractivity contribution in [1.82, 2.24) is 5.32 Å². The van der Waals surface area contributed by atoms with E-state index in [-0.39, 0.29) is 6.09 Å². The molecule has 19 heavy (non-hydrogen) atoms. The van der Waals surface area contributed by atoms with Crippen molar-refractivity contribution in [2.24, 2.45) is 0 Å². The van der Waals surface area contributed by atoms with Crippen LogP contribution in [0.4, 0.5) is 4.79 Å². The summed E-state index contributed by atoms with van der Waals surface area (Å²) in [6, 6.07) is 10.5. The summed E-state index contributed by atoms with van der Waals surface area (Å²) in [5.41, 5.74) is 0. The maximum atomic E-state index is 11.6. The molecule has 1 aromatic rings. The number of carbonyl (C=O) groups is 1. The molecule has 2 rings (SSSR count). The first-order valence-corrected chi connectivity index (χ1v) is 7.94. The van der Waals surface area contributed by atoms with E-state index in [9.17, 15) is 4.79 Å². The Bertz CT molecular complexity index is 377. The third kappa shape index (κ3) is 5.55. The molecule has 1 fully saturated rings. The van der Waals surface area contributed by atoms with E-state index in [1.54, 1.807) is 11.8 Å². The van der Waals surface area contributed by atoms with E-state index in [0.717, 1.165) is 18.6 Å². The van der Waals surface area contributed by atoms with Gasteiger partial charge in [0.15, 0.2) is 0 Å². The van der Waals surface area contributed by atoms with Crippen molar-refractivity contribution in [1.29, 1.82) is 0 Å². The first kappa shape index (κ1) is 14.3. The predicted octanol–water partition coefficient (Wildman–Crippen LogP) is 3.84. The van der Waals surface area contributed by atoms with Crippen molar-refractivity contribution in [2.75, 3.05) is 12.4 Å². The van der Waals surface area contributed by atoms with E-state index >= 15 is 0 Å². The van der Waals surface area contributed by atoms with Crippen molar-refractivity contribution in [3.63, 3.8) is 0 Å². The van der Waals surface area contributed by atoms with Gasteiger partial charge in [-0.25, -0.2) is 4.79 Å². The van der Waals surface area contributed by atoms with Crippen molar-refractivity contribution < 1.29 is 9.53 Å². The van der Waals surface area contributed by atoms with Crippen LogP contribution in [0.25, 0.3) is 0 Å². The normalized spacial score (nSPS) is 16.0. The van der Waals surface area contributed by atoms with Crippen LogP contribution in [-0.2, 0) is 4.74 Å². The molecule has 0 bridgehead atoms. The molecule has 1 aliphatic carbocycles. The fourth-order valence-corrected chi connectivity index (χ4v) is 3.02. The number of benzene rings is 1. The minimum atomic E-state index is -0.263. The Balaban J connectivity index is 1.56. The third-order valence-electron chi connectivity index (χ3n) is 3.26. The Morgan fingerprint density at radius 3 is 2.68 bits per heavy atom. The lowest BCUT2D eigenvalue weighted by atomic mass is 9.96. The van der Waals surface area contributed by atoms with Crippen molar-refractivity contribution in [3.8, 4) is 0 Å². The van der Waals surface area contributed by atoms with Crippen LogP contribution in [0, 0.1) is 0 Å². The van der Waals surface area contributed by atoms with Gasteiger partial charge in [0.1, 0.15) is 6.61 Å². The summed E-state index contributed by atoms with van der Waals surface area (Å²) in [7, 11) is 0. The molecule has 0 saturated heterocycles. The molecule has 1 amide bonds. The zero-order chi connectivity index (χ0) is 13.3. The van der Waals surface area contributed by atoms with Gasteiger partial charge in [0.2, 0.25) is 0 Å². The van der Waals surface area contributed by atoms with Crippen LogP contribution >= 0.6 is 11.8 Å². The molecule has 0 atom stereocenters. The zero-order valence-corrected chi connectivity index (χ0v) is 12.0. The fraction of sp³-hybridized carbons (Fsp3) is 0.533. The second kappa shape index (κ2) is 8.10. The molecule has 0 heterocycles. The van der Waals surface area contributed by atoms with Crippen LogP contribution in [0.2, 0.25) is 0 Å². The minimum Gasteiger partial charge on any atom is -0.449 e. The first-order valence-electron chi connectivity index (χ1n) is 6.96. The maximum absolute atomic E-state index is 11.6. The third-order valence-corrected chi connectivity index (χ3v) is 4.23. The molecule has 4 heteroatoms. The lowest BCUT2D eigenvalue weighted by Gasteiger charge is -2.22. The lowest BCUT2D eigenvalue weighted by molar-refractivity contribution is 0.146. The summed E-state index contributed by atoms with van der Waals surface area (Å²) in [4.78, 5) is 12.8. The van der Waals surface area contributed by atoms with Gasteiger partial charge in [0, 0.05) is 16.7 Å². The van der Waals surface area contributed by atoms with Gasteiger partial charge in [-0.15, -0.1) is 11.8 Å². The van der Waals surface area contributed by atoms with Crippen molar-refractivity contribution >= 4 is 17.9 Å². The van der Waals surface area contributed by atoms with Gasteiger partial charge < -0.3 is 10.1 Å². The molecule has 0 radical (unpaired) electrons. The molecular formula is C15H21NO2S. The smallest absolute Gasteiger partial charge is 0.407 e. The number of alkyl carbamates (subject to hydrolysis) is 1. The highest BCUT2D eigenvalue weighted by atomic mass is 32.2. The average Bonchev–Trinajstić information content (AvgIpc) is 2.46. The maximum Gasteiger partial charge on any atom is 0.407 e. The fourth-order valence-electron chi connectivity index (χ4n) is 2.27. The molecular weight excluding hydrogens is 258 g/mol. The number of hydrogen-bond acceptors (Lipinski definition) is 3. The second-order valence-corrected chi connectivity index (χ2v) is 5.95. The first-order chi connectivity index (χ1) is 9.34. The summed E-state index contributed by atoms with van der Waals surface area (Å²) in [6.45, 7) is 0.456. The molecule has 0 unspecified atom stereocenters. The molecule has 3 nitrogen and oxygen atoms in total. The number of thioether (sulfide) groups is 1. The van der Waals surface area contributed by atoms with E-state index in [1.165, 1.54) is 24.2 Å². The van der Waals surface area contributed by atoms with E-state index in [2.05, 4.69) is 17.4 Å². The summed E-state index contributed by atoms with van der Waals surface area (Å²) in [5.74, 6) is 0.794. The molecule has 1 aromatic carbocycles. The van der Waals surface area contributed by atoms with Gasteiger partial charge in [-0.05, 0) is 25.0 Å². The molecule has 1 N–H and O–H groups in total. The summed E-state index contributed by atoms with van der Waals surface area (Å²) in [5, 5.41) is 2.95. The Morgan fingerprint density at radius 1 is 1.21 bits per heavy atom. The summed E-state index contributed by atoms with van der Waals surface area (Å²) < 4.78 is 5.20. The van der Waals surface area contributed by atoms with Crippen LogP contribution in [0.3, 0.4) is 0 Å². The molecule has 0 aliphatic heterocycles. The van der Waals surface area contributed by atoms with Crippen LogP contribution in [-0.4, -0.2) is 24.5 Å². The topological polar surface area (TPSA) is 38.3 Å². The number of ether oxygens (including phenoxy) is 1. The highest BCUT2D eigenvalue weighted by Gasteiger charge is 2.15. The van der Waals surface area contributed by atoms with Crippen LogP contribution < -0.4 is 5.32 Å². The lowest BCUT2D eigenvalue weighted by Crippen LogP contribution is -2.36. The number of amides is 1. The summed E-state index contributed by atoms with van der Waals surface area (Å²) >= 11 is 1.70. The average molecular weight is 279 g/mol. The largest absolute Gasteiger partial charge is 0.449 e. The molecule has 0 spiro atoms. The highest BCUT2D eigenvalue weighted by molar-refractivity contribution is 7.99. The predicted molar refractivity (Wildman–Crippen MR) is 78.5 cm³/mol. The number of rotatable bonds is 5. The van der Waals surface area contributed by atoms with Crippen molar-refractivity contribution in [3.05, 3.63) is 30.3 Å². The number of nitrogens with one attached hydrogen (secondary N) is 1. The van der Waals surface area contributed by atoms with Crippen LogP contribution in [0.15, 0.2) is 35.2 Å². The summed E-state index contributed by atoms with van der Waals surface area (Å²) in [6.07, 6.45) is 5.65. The molecule has 0 aromatic heterocycles. The zero-order valence-electron chi connectivity index (χ0n) is 11.1. The quantitative estimate of drug-likeness (QED) is 0.657. The van der Waals surface area contributed by atoms with Gasteiger partial charge in [-0.1, -0.05) is 37.5 Å².